The van der Waals surface area contributed by atoms with Crippen LogP contribution in [0, 0.1) is 0 Å². The highest BCUT2D eigenvalue weighted by Gasteiger charge is 2.06. The van der Waals surface area contributed by atoms with Gasteiger partial charge < -0.3 is 10.2 Å². The van der Waals surface area contributed by atoms with Crippen LogP contribution >= 0.6 is 11.5 Å². The van der Waals surface area contributed by atoms with Gasteiger partial charge in [0.2, 0.25) is 0 Å². The Balaban J connectivity index is 1.95. The fourth-order valence-electron chi connectivity index (χ4n) is 1.62. The van der Waals surface area contributed by atoms with Gasteiger partial charge in [0, 0.05) is 24.5 Å². The van der Waals surface area contributed by atoms with Gasteiger partial charge in [0.15, 0.2) is 0 Å². The predicted octanol–water partition coefficient (Wildman–Crippen LogP) is 3.05. The van der Waals surface area contributed by atoms with E-state index in [9.17, 15) is 0 Å². The number of rotatable bonds is 5. The van der Waals surface area contributed by atoms with Crippen LogP contribution in [0.3, 0.4) is 0 Å². The van der Waals surface area contributed by atoms with E-state index in [0.29, 0.717) is 6.04 Å². The Morgan fingerprint density at radius 3 is 2.88 bits per heavy atom. The van der Waals surface area contributed by atoms with E-state index in [-0.39, 0.29) is 0 Å². The molecule has 0 saturated heterocycles. The maximum absolute atomic E-state index is 4.42. The van der Waals surface area contributed by atoms with Crippen molar-refractivity contribution >= 4 is 27.4 Å². The molecule has 0 radical (unpaired) electrons. The zero-order valence-corrected chi connectivity index (χ0v) is 11.4. The highest BCUT2D eigenvalue weighted by Crippen LogP contribution is 2.26. The van der Waals surface area contributed by atoms with Gasteiger partial charge in [-0.25, -0.2) is 0 Å². The summed E-state index contributed by atoms with van der Waals surface area (Å²) in [4.78, 5) is 2.33. The first-order chi connectivity index (χ1) is 8.18. The van der Waals surface area contributed by atoms with Gasteiger partial charge in [0.25, 0.3) is 0 Å². The maximum Gasteiger partial charge on any atom is 0.117 e. The van der Waals surface area contributed by atoms with Gasteiger partial charge >= 0.3 is 0 Å². The third-order valence-corrected chi connectivity index (χ3v) is 3.85. The lowest BCUT2D eigenvalue weighted by molar-refractivity contribution is 0.284. The molecule has 0 aliphatic rings. The Labute approximate surface area is 107 Å². The highest BCUT2D eigenvalue weighted by atomic mass is 32.1. The molecule has 2 aromatic rings. The lowest BCUT2D eigenvalue weighted by atomic mass is 10.2. The molecule has 0 aliphatic carbocycles. The van der Waals surface area contributed by atoms with Crippen molar-refractivity contribution in [3.63, 3.8) is 0 Å². The van der Waals surface area contributed by atoms with Crippen LogP contribution in [0.4, 0.5) is 5.00 Å². The summed E-state index contributed by atoms with van der Waals surface area (Å²) in [6.07, 6.45) is 0. The van der Waals surface area contributed by atoms with Crippen LogP contribution < -0.4 is 5.32 Å². The first-order valence-corrected chi connectivity index (χ1v) is 6.74. The standard InChI is InChI=1S/C13H19N3S/c1-10(2)16(3)9-8-14-13-11-6-4-5-7-12(11)15-17-13/h4-7,10,14H,8-9H2,1-3H3. The Hall–Kier alpha value is -1.13. The normalized spacial score (nSPS) is 11.6. The van der Waals surface area contributed by atoms with Crippen LogP contribution in [-0.4, -0.2) is 35.5 Å². The maximum atomic E-state index is 4.42. The minimum Gasteiger partial charge on any atom is -0.374 e. The van der Waals surface area contributed by atoms with E-state index in [1.807, 2.05) is 6.07 Å². The van der Waals surface area contributed by atoms with Gasteiger partial charge in [0.05, 0.1) is 5.52 Å². The molecule has 0 saturated carbocycles. The smallest absolute Gasteiger partial charge is 0.117 e. The first-order valence-electron chi connectivity index (χ1n) is 5.97. The van der Waals surface area contributed by atoms with Crippen LogP contribution in [-0.2, 0) is 0 Å². The van der Waals surface area contributed by atoms with Crippen molar-refractivity contribution < 1.29 is 0 Å². The van der Waals surface area contributed by atoms with Crippen LogP contribution in [0.5, 0.6) is 0 Å². The molecule has 1 heterocycles. The van der Waals surface area contributed by atoms with Crippen molar-refractivity contribution in [2.75, 3.05) is 25.5 Å². The van der Waals surface area contributed by atoms with Gasteiger partial charge in [-0.3, -0.25) is 0 Å². The minimum absolute atomic E-state index is 0.593. The molecule has 92 valence electrons. The molecular formula is C13H19N3S. The fraction of sp³-hybridized carbons (Fsp3) is 0.462. The molecule has 4 heteroatoms. The summed E-state index contributed by atoms with van der Waals surface area (Å²) in [5.41, 5.74) is 1.08. The second-order valence-corrected chi connectivity index (χ2v) is 5.30. The largest absolute Gasteiger partial charge is 0.374 e. The number of benzene rings is 1. The predicted molar refractivity (Wildman–Crippen MR) is 75.9 cm³/mol. The molecule has 0 fully saturated rings. The number of anilines is 1. The number of nitrogens with zero attached hydrogens (tertiary/aromatic N) is 2. The van der Waals surface area contributed by atoms with E-state index in [4.69, 9.17) is 0 Å². The van der Waals surface area contributed by atoms with Crippen LogP contribution in [0.25, 0.3) is 10.9 Å². The molecule has 0 atom stereocenters. The molecule has 2 rings (SSSR count). The monoisotopic (exact) mass is 249 g/mol. The van der Waals surface area contributed by atoms with E-state index in [0.717, 1.165) is 18.6 Å². The molecule has 1 aromatic heterocycles. The quantitative estimate of drug-likeness (QED) is 0.882. The second-order valence-electron chi connectivity index (χ2n) is 4.53. The highest BCUT2D eigenvalue weighted by molar-refractivity contribution is 7.11. The van der Waals surface area contributed by atoms with Gasteiger partial charge in [-0.2, -0.15) is 4.37 Å². The molecule has 17 heavy (non-hydrogen) atoms. The second kappa shape index (κ2) is 5.47. The number of fused-ring (bicyclic) bond motifs is 1. The minimum atomic E-state index is 0.593. The molecule has 0 amide bonds. The summed E-state index contributed by atoms with van der Waals surface area (Å²) in [6, 6.07) is 8.85. The molecule has 1 N–H and O–H groups in total. The summed E-state index contributed by atoms with van der Waals surface area (Å²) in [5.74, 6) is 0. The van der Waals surface area contributed by atoms with E-state index >= 15 is 0 Å². The SMILES string of the molecule is CC(C)N(C)CCNc1snc2ccccc12. The summed E-state index contributed by atoms with van der Waals surface area (Å²) in [5, 5.41) is 5.87. The number of aromatic nitrogens is 1. The lowest BCUT2D eigenvalue weighted by Gasteiger charge is -2.20. The van der Waals surface area contributed by atoms with E-state index in [2.05, 4.69) is 53.7 Å². The molecule has 0 aliphatic heterocycles. The summed E-state index contributed by atoms with van der Waals surface area (Å²) in [6.45, 7) is 6.43. The first kappa shape index (κ1) is 12.3. The fourth-order valence-corrected chi connectivity index (χ4v) is 2.41. The Bertz CT molecular complexity index is 478. The zero-order chi connectivity index (χ0) is 12.3. The number of hydrogen-bond donors (Lipinski definition) is 1. The van der Waals surface area contributed by atoms with Crippen molar-refractivity contribution in [3.05, 3.63) is 24.3 Å². The topological polar surface area (TPSA) is 28.2 Å². The average Bonchev–Trinajstić information content (AvgIpc) is 2.72. The van der Waals surface area contributed by atoms with Gasteiger partial charge in [0.1, 0.15) is 5.00 Å². The van der Waals surface area contributed by atoms with Crippen LogP contribution in [0.1, 0.15) is 13.8 Å². The molecule has 1 aromatic carbocycles. The summed E-state index contributed by atoms with van der Waals surface area (Å²) < 4.78 is 4.42. The molecule has 0 unspecified atom stereocenters. The van der Waals surface area contributed by atoms with Gasteiger partial charge in [-0.05, 0) is 44.6 Å². The number of hydrogen-bond acceptors (Lipinski definition) is 4. The lowest BCUT2D eigenvalue weighted by Crippen LogP contribution is -2.31. The van der Waals surface area contributed by atoms with E-state index in [1.165, 1.54) is 10.4 Å². The Kier molecular flexibility index (Phi) is 3.97. The van der Waals surface area contributed by atoms with Crippen molar-refractivity contribution in [2.45, 2.75) is 19.9 Å². The molecule has 0 bridgehead atoms. The third-order valence-electron chi connectivity index (χ3n) is 3.02. The van der Waals surface area contributed by atoms with Crippen molar-refractivity contribution in [1.29, 1.82) is 0 Å². The Morgan fingerprint density at radius 1 is 1.35 bits per heavy atom. The van der Waals surface area contributed by atoms with Gasteiger partial charge in [-0.1, -0.05) is 12.1 Å². The summed E-state index contributed by atoms with van der Waals surface area (Å²) >= 11 is 1.54. The summed E-state index contributed by atoms with van der Waals surface area (Å²) in [7, 11) is 2.15. The van der Waals surface area contributed by atoms with E-state index < -0.39 is 0 Å². The number of nitrogens with one attached hydrogen (secondary N) is 1. The molecule has 0 spiro atoms. The molecule has 3 nitrogen and oxygen atoms in total. The third kappa shape index (κ3) is 2.96. The van der Waals surface area contributed by atoms with Gasteiger partial charge in [-0.15, -0.1) is 0 Å². The van der Waals surface area contributed by atoms with Crippen LogP contribution in [0.2, 0.25) is 0 Å². The molecular weight excluding hydrogens is 230 g/mol. The van der Waals surface area contributed by atoms with Crippen molar-refractivity contribution in [1.82, 2.24) is 9.27 Å². The van der Waals surface area contributed by atoms with E-state index in [1.54, 1.807) is 11.5 Å². The zero-order valence-electron chi connectivity index (χ0n) is 10.6. The Morgan fingerprint density at radius 2 is 2.12 bits per heavy atom. The van der Waals surface area contributed by atoms with Crippen molar-refractivity contribution in [3.8, 4) is 0 Å². The van der Waals surface area contributed by atoms with Crippen LogP contribution in [0.15, 0.2) is 24.3 Å². The van der Waals surface area contributed by atoms with Crippen molar-refractivity contribution in [2.24, 2.45) is 0 Å². The average molecular weight is 249 g/mol. The number of likely N-dealkylation sites (N-methyl/N-ethyl adjacent to an activating group) is 1.